The molecule has 3 aromatic carbocycles. The summed E-state index contributed by atoms with van der Waals surface area (Å²) in [6.07, 6.45) is 4.99. The molecule has 1 unspecified atom stereocenters. The molecule has 1 aromatic heterocycles. The van der Waals surface area contributed by atoms with Gasteiger partial charge in [0.05, 0.1) is 11.1 Å². The van der Waals surface area contributed by atoms with Gasteiger partial charge in [-0.1, -0.05) is 24.3 Å². The number of likely N-dealkylation sites (tertiary alicyclic amines) is 1. The molecule has 3 heterocycles. The Hall–Kier alpha value is -3.95. The van der Waals surface area contributed by atoms with Crippen molar-refractivity contribution in [1.82, 2.24) is 14.8 Å². The molecule has 4 aromatic rings. The lowest BCUT2D eigenvalue weighted by Gasteiger charge is -2.26. The topological polar surface area (TPSA) is 95.8 Å². The molecular weight excluding hydrogens is 499 g/mol. The first-order chi connectivity index (χ1) is 19.0. The molecule has 1 atom stereocenters. The number of ether oxygens (including phenoxy) is 1. The summed E-state index contributed by atoms with van der Waals surface area (Å²) >= 11 is 0. The lowest BCUT2D eigenvalue weighted by Crippen LogP contribution is -2.34. The molecule has 0 bridgehead atoms. The first kappa shape index (κ1) is 25.3. The van der Waals surface area contributed by atoms with Crippen molar-refractivity contribution in [2.75, 3.05) is 38.6 Å². The predicted octanol–water partition coefficient (Wildman–Crippen LogP) is 4.40. The van der Waals surface area contributed by atoms with Crippen molar-refractivity contribution >= 4 is 33.3 Å². The van der Waals surface area contributed by atoms with Crippen LogP contribution in [0, 0.1) is 5.82 Å². The number of halogens is 1. The summed E-state index contributed by atoms with van der Waals surface area (Å²) in [5.41, 5.74) is 0.558. The van der Waals surface area contributed by atoms with E-state index in [-0.39, 0.29) is 29.0 Å². The first-order valence-electron chi connectivity index (χ1n) is 13.4. The highest BCUT2D eigenvalue weighted by atomic mass is 19.1. The number of benzene rings is 3. The number of rotatable bonds is 8. The molecule has 9 heteroatoms. The molecule has 0 aliphatic carbocycles. The van der Waals surface area contributed by atoms with E-state index in [1.54, 1.807) is 4.57 Å². The number of aliphatic hydroxyl groups is 1. The van der Waals surface area contributed by atoms with Crippen LogP contribution in [0.5, 0.6) is 11.5 Å². The van der Waals surface area contributed by atoms with Crippen LogP contribution in [0.25, 0.3) is 27.4 Å². The van der Waals surface area contributed by atoms with Crippen LogP contribution in [0.3, 0.4) is 0 Å². The number of amides is 1. The van der Waals surface area contributed by atoms with Gasteiger partial charge in [-0.05, 0) is 68.2 Å². The minimum Gasteiger partial charge on any atom is -0.451 e. The summed E-state index contributed by atoms with van der Waals surface area (Å²) in [6.45, 7) is 1.77. The van der Waals surface area contributed by atoms with Crippen LogP contribution in [0.4, 0.5) is 10.1 Å². The summed E-state index contributed by atoms with van der Waals surface area (Å²) in [6, 6.07) is 13.2. The molecule has 1 fully saturated rings. The summed E-state index contributed by atoms with van der Waals surface area (Å²) in [5.74, 6) is -0.478. The van der Waals surface area contributed by atoms with E-state index in [0.29, 0.717) is 42.5 Å². The van der Waals surface area contributed by atoms with Crippen LogP contribution in [0.1, 0.15) is 36.0 Å². The summed E-state index contributed by atoms with van der Waals surface area (Å²) in [4.78, 5) is 29.2. The number of hydrogen-bond acceptors (Lipinski definition) is 6. The number of nitrogens with one attached hydrogen (secondary N) is 2. The van der Waals surface area contributed by atoms with Crippen molar-refractivity contribution in [3.05, 3.63) is 70.3 Å². The minimum atomic E-state index is -0.662. The predicted molar refractivity (Wildman–Crippen MR) is 150 cm³/mol. The van der Waals surface area contributed by atoms with Gasteiger partial charge >= 0.3 is 0 Å². The van der Waals surface area contributed by atoms with Crippen LogP contribution >= 0.6 is 0 Å². The van der Waals surface area contributed by atoms with Crippen LogP contribution in [-0.4, -0.2) is 59.8 Å². The molecule has 1 amide bonds. The van der Waals surface area contributed by atoms with Gasteiger partial charge in [-0.15, -0.1) is 0 Å². The van der Waals surface area contributed by atoms with Crippen LogP contribution < -0.4 is 20.8 Å². The maximum Gasteiger partial charge on any atom is 0.256 e. The molecule has 2 aliphatic rings. The highest BCUT2D eigenvalue weighted by Gasteiger charge is 2.29. The SMILES string of the molecule is CN1CCCC1CCNC(=O)c1cn2c3c(c(NCCCO)c(F)cc3c1=O)Oc1cc3ccccc3cc1-2. The van der Waals surface area contributed by atoms with Crippen LogP contribution in [0.2, 0.25) is 0 Å². The Morgan fingerprint density at radius 3 is 2.72 bits per heavy atom. The zero-order valence-corrected chi connectivity index (χ0v) is 21.8. The Kier molecular flexibility index (Phi) is 6.70. The van der Waals surface area contributed by atoms with Gasteiger partial charge < -0.3 is 29.9 Å². The number of hydrogen-bond donors (Lipinski definition) is 3. The largest absolute Gasteiger partial charge is 0.451 e. The van der Waals surface area contributed by atoms with Gasteiger partial charge in [-0.25, -0.2) is 4.39 Å². The standard InChI is InChI=1S/C30H31FN4O4/c1-34-12-4-8-20(34)9-11-33-30(38)22-17-35-24-14-18-6-2-3-7-19(18)15-25(24)39-29-26(32-10-5-13-36)23(31)16-21(27(29)35)28(22)37/h2-3,6-7,14-17,20,32,36H,4-5,8-13H2,1H3,(H,33,38). The summed E-state index contributed by atoms with van der Waals surface area (Å²) in [5, 5.41) is 17.1. The monoisotopic (exact) mass is 530 g/mol. The van der Waals surface area contributed by atoms with Gasteiger partial charge in [0.2, 0.25) is 5.43 Å². The lowest BCUT2D eigenvalue weighted by molar-refractivity contribution is 0.0949. The molecule has 3 N–H and O–H groups in total. The Morgan fingerprint density at radius 1 is 1.18 bits per heavy atom. The fourth-order valence-electron chi connectivity index (χ4n) is 5.71. The number of fused-ring (bicyclic) bond motifs is 3. The zero-order chi connectivity index (χ0) is 27.1. The zero-order valence-electron chi connectivity index (χ0n) is 21.8. The van der Waals surface area contributed by atoms with Gasteiger partial charge in [-0.3, -0.25) is 9.59 Å². The Balaban J connectivity index is 1.47. The first-order valence-corrected chi connectivity index (χ1v) is 13.4. The van der Waals surface area contributed by atoms with E-state index in [4.69, 9.17) is 4.74 Å². The molecule has 8 nitrogen and oxygen atoms in total. The third kappa shape index (κ3) is 4.51. The van der Waals surface area contributed by atoms with Crippen molar-refractivity contribution in [3.63, 3.8) is 0 Å². The van der Waals surface area contributed by atoms with Crippen molar-refractivity contribution in [2.24, 2.45) is 0 Å². The second-order valence-electron chi connectivity index (χ2n) is 10.3. The van der Waals surface area contributed by atoms with E-state index < -0.39 is 17.2 Å². The fraction of sp³-hybridized carbons (Fsp3) is 0.333. The quantitative estimate of drug-likeness (QED) is 0.258. The van der Waals surface area contributed by atoms with Gasteiger partial charge in [0, 0.05) is 31.9 Å². The van der Waals surface area contributed by atoms with Gasteiger partial charge in [0.1, 0.15) is 16.8 Å². The highest BCUT2D eigenvalue weighted by molar-refractivity contribution is 6.02. The minimum absolute atomic E-state index is 0.0466. The number of anilines is 1. The summed E-state index contributed by atoms with van der Waals surface area (Å²) < 4.78 is 23.5. The Labute approximate surface area is 225 Å². The highest BCUT2D eigenvalue weighted by Crippen LogP contribution is 2.46. The number of pyridine rings is 1. The Bertz CT molecular complexity index is 1650. The number of aromatic nitrogens is 1. The summed E-state index contributed by atoms with van der Waals surface area (Å²) in [7, 11) is 2.09. The van der Waals surface area contributed by atoms with E-state index in [1.165, 1.54) is 12.3 Å². The number of aliphatic hydroxyl groups excluding tert-OH is 1. The normalized spacial score (nSPS) is 16.3. The molecular formula is C30H31FN4O4. The average Bonchev–Trinajstić information content (AvgIpc) is 3.34. The van der Waals surface area contributed by atoms with Crippen molar-refractivity contribution in [1.29, 1.82) is 0 Å². The number of carbonyl (C=O) groups is 1. The van der Waals surface area contributed by atoms with Crippen molar-refractivity contribution in [2.45, 2.75) is 31.7 Å². The van der Waals surface area contributed by atoms with Gasteiger partial charge in [0.15, 0.2) is 17.3 Å². The molecule has 2 aliphatic heterocycles. The van der Waals surface area contributed by atoms with E-state index in [0.717, 1.165) is 36.6 Å². The van der Waals surface area contributed by atoms with E-state index in [1.807, 2.05) is 36.4 Å². The smallest absolute Gasteiger partial charge is 0.256 e. The maximum absolute atomic E-state index is 15.4. The average molecular weight is 531 g/mol. The molecule has 6 rings (SSSR count). The lowest BCUT2D eigenvalue weighted by atomic mass is 10.0. The van der Waals surface area contributed by atoms with Crippen molar-refractivity contribution in [3.8, 4) is 17.2 Å². The molecule has 0 spiro atoms. The van der Waals surface area contributed by atoms with Crippen LogP contribution in [0.15, 0.2) is 53.5 Å². The Morgan fingerprint density at radius 2 is 1.97 bits per heavy atom. The maximum atomic E-state index is 15.4. The number of nitrogens with zero attached hydrogens (tertiary/aromatic N) is 2. The van der Waals surface area contributed by atoms with E-state index >= 15 is 4.39 Å². The molecule has 0 radical (unpaired) electrons. The fourth-order valence-corrected chi connectivity index (χ4v) is 5.71. The molecule has 0 saturated carbocycles. The van der Waals surface area contributed by atoms with E-state index in [2.05, 4.69) is 22.6 Å². The van der Waals surface area contributed by atoms with Gasteiger partial charge in [-0.2, -0.15) is 0 Å². The number of carbonyl (C=O) groups excluding carboxylic acids is 1. The van der Waals surface area contributed by atoms with Gasteiger partial charge in [0.25, 0.3) is 5.91 Å². The molecule has 202 valence electrons. The molecule has 1 saturated heterocycles. The second-order valence-corrected chi connectivity index (χ2v) is 10.3. The third-order valence-corrected chi connectivity index (χ3v) is 7.81. The van der Waals surface area contributed by atoms with E-state index in [9.17, 15) is 14.7 Å². The van der Waals surface area contributed by atoms with Crippen LogP contribution in [-0.2, 0) is 0 Å². The van der Waals surface area contributed by atoms with Crippen molar-refractivity contribution < 1.29 is 19.0 Å². The molecule has 39 heavy (non-hydrogen) atoms. The second kappa shape index (κ2) is 10.3. The third-order valence-electron chi connectivity index (χ3n) is 7.81.